The van der Waals surface area contributed by atoms with E-state index in [0.717, 1.165) is 23.3 Å². The van der Waals surface area contributed by atoms with Crippen molar-refractivity contribution >= 4 is 23.5 Å². The fourth-order valence-corrected chi connectivity index (χ4v) is 5.64. The first kappa shape index (κ1) is 15.3. The predicted octanol–water partition coefficient (Wildman–Crippen LogP) is 3.62. The zero-order valence-corrected chi connectivity index (χ0v) is 13.8. The highest BCUT2D eigenvalue weighted by Gasteiger charge is 2.29. The Balaban J connectivity index is 2.00. The molecule has 3 heteroatoms. The highest BCUT2D eigenvalue weighted by Crippen LogP contribution is 2.33. The maximum atomic E-state index is 3.55. The molecule has 0 spiro atoms. The van der Waals surface area contributed by atoms with Crippen molar-refractivity contribution in [2.45, 2.75) is 43.2 Å². The number of benzene rings is 1. The van der Waals surface area contributed by atoms with Crippen molar-refractivity contribution in [3.05, 3.63) is 35.4 Å². The molecule has 1 aliphatic heterocycles. The Labute approximate surface area is 126 Å². The summed E-state index contributed by atoms with van der Waals surface area (Å²) >= 11 is 4.27. The van der Waals surface area contributed by atoms with Crippen molar-refractivity contribution in [1.29, 1.82) is 0 Å². The van der Waals surface area contributed by atoms with Crippen LogP contribution in [0.25, 0.3) is 0 Å². The number of hydrogen-bond donors (Lipinski definition) is 1. The van der Waals surface area contributed by atoms with Crippen molar-refractivity contribution < 1.29 is 0 Å². The van der Waals surface area contributed by atoms with E-state index < -0.39 is 0 Å². The number of likely N-dealkylation sites (N-methyl/N-ethyl adjacent to an activating group) is 1. The van der Waals surface area contributed by atoms with Crippen molar-refractivity contribution in [1.82, 2.24) is 5.32 Å². The van der Waals surface area contributed by atoms with Crippen LogP contribution in [0.3, 0.4) is 0 Å². The maximum absolute atomic E-state index is 3.55. The lowest BCUT2D eigenvalue weighted by molar-refractivity contribution is 0.531. The van der Waals surface area contributed by atoms with Gasteiger partial charge in [-0.25, -0.2) is 0 Å². The third-order valence-corrected chi connectivity index (χ3v) is 7.14. The monoisotopic (exact) mass is 295 g/mol. The molecule has 0 radical (unpaired) electrons. The number of thioether (sulfide) groups is 2. The molecule has 0 aromatic heterocycles. The number of hydrogen-bond acceptors (Lipinski definition) is 3. The fraction of sp³-hybridized carbons (Fsp3) is 0.625. The van der Waals surface area contributed by atoms with E-state index in [1.165, 1.54) is 22.6 Å². The van der Waals surface area contributed by atoms with Gasteiger partial charge in [0.15, 0.2) is 0 Å². The fourth-order valence-electron chi connectivity index (χ4n) is 2.64. The Kier molecular flexibility index (Phi) is 6.11. The molecule has 1 saturated heterocycles. The molecule has 2 rings (SSSR count). The zero-order valence-electron chi connectivity index (χ0n) is 12.2. The molecule has 1 aromatic rings. The van der Waals surface area contributed by atoms with E-state index in [2.05, 4.69) is 74.0 Å². The summed E-state index contributed by atoms with van der Waals surface area (Å²) in [5.74, 6) is 2.61. The molecular formula is C16H25NS2. The minimum atomic E-state index is 0.584. The Morgan fingerprint density at radius 2 is 1.79 bits per heavy atom. The molecule has 1 fully saturated rings. The standard InChI is InChI=1S/C16H25NS2/c1-4-13-5-7-14(8-6-13)11-15(17-3)16-12(2)18-9-10-19-16/h5-8,12,15-17H,4,9-11H2,1-3H3. The summed E-state index contributed by atoms with van der Waals surface area (Å²) in [5, 5.41) is 5.03. The first-order valence-corrected chi connectivity index (χ1v) is 9.32. The van der Waals surface area contributed by atoms with Gasteiger partial charge in [-0.15, -0.1) is 0 Å². The molecule has 1 aliphatic rings. The minimum Gasteiger partial charge on any atom is -0.316 e. The van der Waals surface area contributed by atoms with Gasteiger partial charge in [-0.05, 0) is 31.0 Å². The van der Waals surface area contributed by atoms with Gasteiger partial charge in [0, 0.05) is 28.0 Å². The summed E-state index contributed by atoms with van der Waals surface area (Å²) < 4.78 is 0. The Morgan fingerprint density at radius 1 is 1.16 bits per heavy atom. The van der Waals surface area contributed by atoms with Crippen LogP contribution in [0.1, 0.15) is 25.0 Å². The van der Waals surface area contributed by atoms with Crippen LogP contribution in [0.5, 0.6) is 0 Å². The summed E-state index contributed by atoms with van der Waals surface area (Å²) in [4.78, 5) is 0. The molecule has 0 amide bonds. The molecule has 3 unspecified atom stereocenters. The third-order valence-electron chi connectivity index (χ3n) is 3.89. The average molecular weight is 296 g/mol. The molecule has 1 nitrogen and oxygen atoms in total. The highest BCUT2D eigenvalue weighted by atomic mass is 32.2. The van der Waals surface area contributed by atoms with Crippen LogP contribution >= 0.6 is 23.5 Å². The average Bonchev–Trinajstić information content (AvgIpc) is 2.46. The molecule has 3 atom stereocenters. The van der Waals surface area contributed by atoms with E-state index in [4.69, 9.17) is 0 Å². The maximum Gasteiger partial charge on any atom is 0.0320 e. The normalized spacial score (nSPS) is 25.2. The Bertz CT molecular complexity index is 377. The summed E-state index contributed by atoms with van der Waals surface area (Å²) in [7, 11) is 2.11. The molecular weight excluding hydrogens is 270 g/mol. The van der Waals surface area contributed by atoms with Crippen LogP contribution in [0.2, 0.25) is 0 Å². The van der Waals surface area contributed by atoms with Crippen LogP contribution in [-0.4, -0.2) is 35.1 Å². The van der Waals surface area contributed by atoms with Gasteiger partial charge < -0.3 is 5.32 Å². The first-order chi connectivity index (χ1) is 9.24. The van der Waals surface area contributed by atoms with Gasteiger partial charge >= 0.3 is 0 Å². The molecule has 0 aliphatic carbocycles. The second-order valence-electron chi connectivity index (χ2n) is 5.18. The smallest absolute Gasteiger partial charge is 0.0320 e. The van der Waals surface area contributed by atoms with Gasteiger partial charge in [0.05, 0.1) is 0 Å². The predicted molar refractivity (Wildman–Crippen MR) is 90.5 cm³/mol. The number of aryl methyl sites for hydroxylation is 1. The van der Waals surface area contributed by atoms with Gasteiger partial charge in [-0.3, -0.25) is 0 Å². The lowest BCUT2D eigenvalue weighted by Crippen LogP contribution is -2.44. The van der Waals surface area contributed by atoms with Crippen LogP contribution in [0, 0.1) is 0 Å². The van der Waals surface area contributed by atoms with Gasteiger partial charge in [0.2, 0.25) is 0 Å². The quantitative estimate of drug-likeness (QED) is 0.891. The van der Waals surface area contributed by atoms with Gasteiger partial charge in [0.1, 0.15) is 0 Å². The Hall–Kier alpha value is -0.120. The van der Waals surface area contributed by atoms with Crippen LogP contribution in [0.4, 0.5) is 0 Å². The third kappa shape index (κ3) is 4.17. The van der Waals surface area contributed by atoms with Crippen LogP contribution in [0.15, 0.2) is 24.3 Å². The largest absolute Gasteiger partial charge is 0.316 e. The van der Waals surface area contributed by atoms with Crippen LogP contribution in [-0.2, 0) is 12.8 Å². The van der Waals surface area contributed by atoms with Crippen molar-refractivity contribution in [3.63, 3.8) is 0 Å². The van der Waals surface area contributed by atoms with Crippen molar-refractivity contribution in [3.8, 4) is 0 Å². The summed E-state index contributed by atoms with van der Waals surface area (Å²) in [6.07, 6.45) is 2.27. The second-order valence-corrected chi connectivity index (χ2v) is 7.95. The van der Waals surface area contributed by atoms with Crippen molar-refractivity contribution in [2.75, 3.05) is 18.6 Å². The van der Waals surface area contributed by atoms with E-state index in [1.54, 1.807) is 0 Å². The molecule has 19 heavy (non-hydrogen) atoms. The molecule has 106 valence electrons. The summed E-state index contributed by atoms with van der Waals surface area (Å²) in [6.45, 7) is 4.59. The van der Waals surface area contributed by atoms with E-state index in [9.17, 15) is 0 Å². The van der Waals surface area contributed by atoms with E-state index >= 15 is 0 Å². The Morgan fingerprint density at radius 3 is 2.37 bits per heavy atom. The lowest BCUT2D eigenvalue weighted by Gasteiger charge is -2.34. The molecule has 0 bridgehead atoms. The number of nitrogens with one attached hydrogen (secondary N) is 1. The molecule has 0 saturated carbocycles. The number of rotatable bonds is 5. The SMILES string of the molecule is CCc1ccc(CC(NC)C2SCCSC2C)cc1. The second kappa shape index (κ2) is 7.61. The topological polar surface area (TPSA) is 12.0 Å². The van der Waals surface area contributed by atoms with E-state index in [1.807, 2.05) is 0 Å². The zero-order chi connectivity index (χ0) is 13.7. The first-order valence-electron chi connectivity index (χ1n) is 7.23. The van der Waals surface area contributed by atoms with Gasteiger partial charge in [-0.2, -0.15) is 23.5 Å². The molecule has 1 heterocycles. The van der Waals surface area contributed by atoms with E-state index in [0.29, 0.717) is 6.04 Å². The van der Waals surface area contributed by atoms with Gasteiger partial charge in [0.25, 0.3) is 0 Å². The molecule has 1 N–H and O–H groups in total. The van der Waals surface area contributed by atoms with Crippen LogP contribution < -0.4 is 5.32 Å². The molecule has 1 aromatic carbocycles. The van der Waals surface area contributed by atoms with Gasteiger partial charge in [-0.1, -0.05) is 38.1 Å². The highest BCUT2D eigenvalue weighted by molar-refractivity contribution is 8.07. The minimum absolute atomic E-state index is 0.584. The summed E-state index contributed by atoms with van der Waals surface area (Å²) in [6, 6.07) is 9.73. The van der Waals surface area contributed by atoms with Crippen molar-refractivity contribution in [2.24, 2.45) is 0 Å². The van der Waals surface area contributed by atoms with E-state index in [-0.39, 0.29) is 0 Å². The summed E-state index contributed by atoms with van der Waals surface area (Å²) in [5.41, 5.74) is 2.89. The lowest BCUT2D eigenvalue weighted by atomic mass is 10.00.